The van der Waals surface area contributed by atoms with E-state index in [9.17, 15) is 13.2 Å². The Morgan fingerprint density at radius 2 is 2.00 bits per heavy atom. The number of aromatic nitrogens is 2. The monoisotopic (exact) mass is 408 g/mol. The first kappa shape index (κ1) is 21.9. The maximum atomic E-state index is 13.0. The SMILES string of the molecule is CCCCn1c(CCC)nc2cc(C(=O)OC)cc(S(=O)(=O)/N=C/N(C)C)c21. The molecule has 0 radical (unpaired) electrons. The molecule has 154 valence electrons. The van der Waals surface area contributed by atoms with Crippen molar-refractivity contribution in [3.8, 4) is 0 Å². The van der Waals surface area contributed by atoms with Gasteiger partial charge in [0.05, 0.1) is 23.7 Å². The molecule has 0 spiro atoms. The van der Waals surface area contributed by atoms with Crippen LogP contribution in [0.5, 0.6) is 0 Å². The molecular weight excluding hydrogens is 380 g/mol. The van der Waals surface area contributed by atoms with Gasteiger partial charge in [-0.2, -0.15) is 8.42 Å². The van der Waals surface area contributed by atoms with Crippen molar-refractivity contribution >= 4 is 33.4 Å². The van der Waals surface area contributed by atoms with E-state index in [0.717, 1.165) is 25.1 Å². The molecule has 0 saturated carbocycles. The lowest BCUT2D eigenvalue weighted by atomic mass is 10.2. The Labute approximate surface area is 166 Å². The highest BCUT2D eigenvalue weighted by atomic mass is 32.2. The number of rotatable bonds is 9. The molecular formula is C19H28N4O4S. The first-order valence-electron chi connectivity index (χ1n) is 9.33. The van der Waals surface area contributed by atoms with E-state index in [1.54, 1.807) is 20.2 Å². The van der Waals surface area contributed by atoms with E-state index in [1.807, 2.05) is 11.5 Å². The molecule has 0 aliphatic carbocycles. The summed E-state index contributed by atoms with van der Waals surface area (Å²) in [4.78, 5) is 18.2. The first-order valence-corrected chi connectivity index (χ1v) is 10.8. The summed E-state index contributed by atoms with van der Waals surface area (Å²) < 4.78 is 36.5. The third-order valence-corrected chi connectivity index (χ3v) is 5.45. The fourth-order valence-corrected chi connectivity index (χ4v) is 4.06. The number of carbonyl (C=O) groups excluding carboxylic acids is 1. The molecule has 28 heavy (non-hydrogen) atoms. The Hall–Kier alpha value is -2.42. The highest BCUT2D eigenvalue weighted by Crippen LogP contribution is 2.29. The fraction of sp³-hybridized carbons (Fsp3) is 0.526. The highest BCUT2D eigenvalue weighted by Gasteiger charge is 2.25. The molecule has 2 aromatic rings. The normalized spacial score (nSPS) is 12.0. The minimum Gasteiger partial charge on any atom is -0.465 e. The van der Waals surface area contributed by atoms with E-state index in [0.29, 0.717) is 24.0 Å². The molecule has 8 nitrogen and oxygen atoms in total. The van der Waals surface area contributed by atoms with Crippen LogP contribution >= 0.6 is 0 Å². The fourth-order valence-electron chi connectivity index (χ4n) is 2.90. The van der Waals surface area contributed by atoms with Crippen LogP contribution in [0.1, 0.15) is 49.3 Å². The van der Waals surface area contributed by atoms with E-state index in [-0.39, 0.29) is 10.5 Å². The number of carbonyl (C=O) groups is 1. The van der Waals surface area contributed by atoms with Crippen LogP contribution in [-0.2, 0) is 27.7 Å². The van der Waals surface area contributed by atoms with E-state index < -0.39 is 16.0 Å². The molecule has 0 fully saturated rings. The average Bonchev–Trinajstić information content (AvgIpc) is 3.00. The maximum absolute atomic E-state index is 13.0. The Morgan fingerprint density at radius 3 is 2.57 bits per heavy atom. The van der Waals surface area contributed by atoms with Crippen molar-refractivity contribution in [2.24, 2.45) is 4.40 Å². The number of sulfonamides is 1. The number of hydrogen-bond donors (Lipinski definition) is 0. The number of fused-ring (bicyclic) bond motifs is 1. The van der Waals surface area contributed by atoms with Crippen molar-refractivity contribution in [1.82, 2.24) is 14.5 Å². The molecule has 1 aromatic carbocycles. The number of hydrogen-bond acceptors (Lipinski definition) is 5. The summed E-state index contributed by atoms with van der Waals surface area (Å²) in [6, 6.07) is 2.91. The van der Waals surface area contributed by atoms with Crippen LogP contribution in [0.25, 0.3) is 11.0 Å². The van der Waals surface area contributed by atoms with E-state index in [1.165, 1.54) is 24.4 Å². The summed E-state index contributed by atoms with van der Waals surface area (Å²) in [7, 11) is 0.591. The van der Waals surface area contributed by atoms with Crippen LogP contribution < -0.4 is 0 Å². The third-order valence-electron chi connectivity index (χ3n) is 4.21. The van der Waals surface area contributed by atoms with Crippen LogP contribution in [0.4, 0.5) is 0 Å². The molecule has 0 amide bonds. The topological polar surface area (TPSA) is 93.9 Å². The minimum absolute atomic E-state index is 0.0329. The lowest BCUT2D eigenvalue weighted by Crippen LogP contribution is -2.12. The van der Waals surface area contributed by atoms with E-state index >= 15 is 0 Å². The van der Waals surface area contributed by atoms with Crippen molar-refractivity contribution in [3.05, 3.63) is 23.5 Å². The molecule has 0 aliphatic rings. The second kappa shape index (κ2) is 9.18. The van der Waals surface area contributed by atoms with Gasteiger partial charge in [0, 0.05) is 27.1 Å². The number of methoxy groups -OCH3 is 1. The van der Waals surface area contributed by atoms with E-state index in [4.69, 9.17) is 4.74 Å². The van der Waals surface area contributed by atoms with Gasteiger partial charge in [0.15, 0.2) is 0 Å². The van der Waals surface area contributed by atoms with Gasteiger partial charge in [-0.25, -0.2) is 9.78 Å². The van der Waals surface area contributed by atoms with Gasteiger partial charge in [0.2, 0.25) is 0 Å². The van der Waals surface area contributed by atoms with Gasteiger partial charge in [-0.1, -0.05) is 20.3 Å². The Balaban J connectivity index is 2.84. The lowest BCUT2D eigenvalue weighted by molar-refractivity contribution is 0.0600. The largest absolute Gasteiger partial charge is 0.465 e. The van der Waals surface area contributed by atoms with Crippen LogP contribution in [0.3, 0.4) is 0 Å². The second-order valence-corrected chi connectivity index (χ2v) is 8.38. The molecule has 1 heterocycles. The molecule has 0 atom stereocenters. The van der Waals surface area contributed by atoms with Gasteiger partial charge in [0.1, 0.15) is 17.1 Å². The summed E-state index contributed by atoms with van der Waals surface area (Å²) in [6.45, 7) is 4.77. The molecule has 0 bridgehead atoms. The minimum atomic E-state index is -4.04. The quantitative estimate of drug-likeness (QED) is 0.360. The van der Waals surface area contributed by atoms with Gasteiger partial charge in [-0.15, -0.1) is 4.40 Å². The van der Waals surface area contributed by atoms with Gasteiger partial charge in [0.25, 0.3) is 10.0 Å². The van der Waals surface area contributed by atoms with Gasteiger partial charge >= 0.3 is 5.97 Å². The van der Waals surface area contributed by atoms with Crippen LogP contribution in [-0.4, -0.2) is 56.4 Å². The van der Waals surface area contributed by atoms with Crippen LogP contribution in [0.2, 0.25) is 0 Å². The first-order chi connectivity index (χ1) is 13.2. The van der Waals surface area contributed by atoms with Gasteiger partial charge in [-0.05, 0) is 25.0 Å². The Morgan fingerprint density at radius 1 is 1.29 bits per heavy atom. The zero-order chi connectivity index (χ0) is 20.9. The number of esters is 1. The molecule has 0 unspecified atom stereocenters. The number of aryl methyl sites for hydroxylation is 2. The van der Waals surface area contributed by atoms with Crippen molar-refractivity contribution < 1.29 is 17.9 Å². The molecule has 2 rings (SSSR count). The smallest absolute Gasteiger partial charge is 0.337 e. The van der Waals surface area contributed by atoms with Crippen molar-refractivity contribution in [3.63, 3.8) is 0 Å². The summed E-state index contributed by atoms with van der Waals surface area (Å²) in [5.74, 6) is 0.191. The summed E-state index contributed by atoms with van der Waals surface area (Å²) in [5, 5.41) is 0. The van der Waals surface area contributed by atoms with Crippen LogP contribution in [0, 0.1) is 0 Å². The van der Waals surface area contributed by atoms with Gasteiger partial charge < -0.3 is 14.2 Å². The average molecular weight is 409 g/mol. The standard InChI is InChI=1S/C19H28N4O4S/c1-6-8-10-23-17(9-7-2)21-15-11-14(19(24)27-5)12-16(18(15)23)28(25,26)20-13-22(3)4/h11-13H,6-10H2,1-5H3/b20-13+. The molecule has 0 aliphatic heterocycles. The summed E-state index contributed by atoms with van der Waals surface area (Å²) in [5.41, 5.74) is 1.08. The Kier molecular flexibility index (Phi) is 7.17. The molecule has 0 saturated heterocycles. The predicted octanol–water partition coefficient (Wildman–Crippen LogP) is 2.85. The third kappa shape index (κ3) is 4.70. The molecule has 9 heteroatoms. The number of nitrogens with zero attached hydrogens (tertiary/aromatic N) is 4. The number of imidazole rings is 1. The van der Waals surface area contributed by atoms with Crippen molar-refractivity contribution in [1.29, 1.82) is 0 Å². The van der Waals surface area contributed by atoms with Crippen LogP contribution in [0.15, 0.2) is 21.4 Å². The number of unbranched alkanes of at least 4 members (excludes halogenated alkanes) is 1. The summed E-state index contributed by atoms with van der Waals surface area (Å²) >= 11 is 0. The van der Waals surface area contributed by atoms with Crippen molar-refractivity contribution in [2.75, 3.05) is 21.2 Å². The number of benzene rings is 1. The zero-order valence-corrected chi connectivity index (χ0v) is 17.9. The summed E-state index contributed by atoms with van der Waals surface area (Å²) in [6.07, 6.45) is 4.67. The van der Waals surface area contributed by atoms with Crippen molar-refractivity contribution in [2.45, 2.75) is 51.0 Å². The molecule has 1 aromatic heterocycles. The number of ether oxygens (including phenoxy) is 1. The zero-order valence-electron chi connectivity index (χ0n) is 17.1. The second-order valence-electron chi connectivity index (χ2n) is 6.78. The molecule has 0 N–H and O–H groups in total. The van der Waals surface area contributed by atoms with Gasteiger partial charge in [-0.3, -0.25) is 0 Å². The Bertz CT molecular complexity index is 977. The lowest BCUT2D eigenvalue weighted by Gasteiger charge is -2.11. The predicted molar refractivity (Wildman–Crippen MR) is 109 cm³/mol. The van der Waals surface area contributed by atoms with E-state index in [2.05, 4.69) is 16.3 Å². The maximum Gasteiger partial charge on any atom is 0.337 e. The highest BCUT2D eigenvalue weighted by molar-refractivity contribution is 7.90.